The third-order valence-corrected chi connectivity index (χ3v) is 5.18. The highest BCUT2D eigenvalue weighted by Crippen LogP contribution is 2.26. The molecule has 0 aliphatic carbocycles. The zero-order valence-electron chi connectivity index (χ0n) is 13.6. The van der Waals surface area contributed by atoms with Crippen LogP contribution in [0.2, 0.25) is 5.02 Å². The van der Waals surface area contributed by atoms with Gasteiger partial charge in [-0.25, -0.2) is 4.98 Å². The standard InChI is InChI=1S/C19H13ClN2O3S/c1-25-16-8-11(2-7-15(16)23)9-17-18(24)22-10-14(21-19(22)26-17)12-3-5-13(20)6-4-12/h2-10,23H,1H3/b17-9-. The van der Waals surface area contributed by atoms with Gasteiger partial charge >= 0.3 is 0 Å². The first-order valence-corrected chi connectivity index (χ1v) is 8.91. The van der Waals surface area contributed by atoms with E-state index >= 15 is 0 Å². The van der Waals surface area contributed by atoms with Crippen LogP contribution in [0.15, 0.2) is 53.5 Å². The van der Waals surface area contributed by atoms with Crippen LogP contribution in [-0.4, -0.2) is 21.6 Å². The highest BCUT2D eigenvalue weighted by atomic mass is 35.5. The Morgan fingerprint density at radius 1 is 1.23 bits per heavy atom. The molecule has 0 amide bonds. The number of rotatable bonds is 3. The molecule has 0 saturated heterocycles. The van der Waals surface area contributed by atoms with Gasteiger partial charge in [0.05, 0.1) is 17.3 Å². The van der Waals surface area contributed by atoms with E-state index < -0.39 is 0 Å². The van der Waals surface area contributed by atoms with Crippen LogP contribution in [0, 0.1) is 0 Å². The summed E-state index contributed by atoms with van der Waals surface area (Å²) in [5.41, 5.74) is 2.25. The number of phenols is 1. The lowest BCUT2D eigenvalue weighted by atomic mass is 10.2. The average Bonchev–Trinajstić information content (AvgIpc) is 3.17. The van der Waals surface area contributed by atoms with Crippen molar-refractivity contribution in [2.45, 2.75) is 0 Å². The van der Waals surface area contributed by atoms with E-state index in [1.807, 2.05) is 12.1 Å². The Bertz CT molecular complexity index is 1210. The molecule has 4 aromatic rings. The minimum Gasteiger partial charge on any atom is -0.504 e. The van der Waals surface area contributed by atoms with Crippen LogP contribution in [0.1, 0.15) is 5.56 Å². The predicted molar refractivity (Wildman–Crippen MR) is 103 cm³/mol. The number of hydrogen-bond donors (Lipinski definition) is 1. The summed E-state index contributed by atoms with van der Waals surface area (Å²) in [6.07, 6.45) is 3.48. The Morgan fingerprint density at radius 3 is 2.69 bits per heavy atom. The van der Waals surface area contributed by atoms with Crippen LogP contribution in [0.3, 0.4) is 0 Å². The molecule has 0 bridgehead atoms. The number of imidazole rings is 1. The van der Waals surface area contributed by atoms with Gasteiger partial charge in [0, 0.05) is 16.8 Å². The number of methoxy groups -OCH3 is 1. The summed E-state index contributed by atoms with van der Waals surface area (Å²) >= 11 is 7.22. The van der Waals surface area contributed by atoms with Crippen molar-refractivity contribution in [3.05, 3.63) is 74.1 Å². The summed E-state index contributed by atoms with van der Waals surface area (Å²) in [5, 5.41) is 10.3. The zero-order chi connectivity index (χ0) is 18.3. The van der Waals surface area contributed by atoms with Gasteiger partial charge in [-0.1, -0.05) is 41.1 Å². The summed E-state index contributed by atoms with van der Waals surface area (Å²) in [4.78, 5) is 17.8. The lowest BCUT2D eigenvalue weighted by Gasteiger charge is -2.03. The predicted octanol–water partition coefficient (Wildman–Crippen LogP) is 3.34. The zero-order valence-corrected chi connectivity index (χ0v) is 15.2. The fourth-order valence-corrected chi connectivity index (χ4v) is 3.71. The molecule has 0 atom stereocenters. The lowest BCUT2D eigenvalue weighted by molar-refractivity contribution is 0.373. The minimum atomic E-state index is -0.134. The van der Waals surface area contributed by atoms with Gasteiger partial charge < -0.3 is 9.84 Å². The van der Waals surface area contributed by atoms with Crippen molar-refractivity contribution in [2.75, 3.05) is 7.11 Å². The van der Waals surface area contributed by atoms with Crippen LogP contribution in [0.4, 0.5) is 0 Å². The number of nitrogens with zero attached hydrogens (tertiary/aromatic N) is 2. The number of halogens is 1. The van der Waals surface area contributed by atoms with E-state index in [-0.39, 0.29) is 11.3 Å². The maximum absolute atomic E-state index is 12.7. The molecule has 0 saturated carbocycles. The largest absolute Gasteiger partial charge is 0.504 e. The Labute approximate surface area is 157 Å². The smallest absolute Gasteiger partial charge is 0.274 e. The number of ether oxygens (including phenoxy) is 1. The van der Waals surface area contributed by atoms with Crippen LogP contribution in [0.25, 0.3) is 22.3 Å². The molecule has 0 aliphatic rings. The quantitative estimate of drug-likeness (QED) is 0.588. The van der Waals surface area contributed by atoms with Gasteiger partial charge in [-0.2, -0.15) is 0 Å². The van der Waals surface area contributed by atoms with E-state index in [9.17, 15) is 9.90 Å². The second-order valence-electron chi connectivity index (χ2n) is 5.63. The minimum absolute atomic E-state index is 0.0561. The molecule has 26 heavy (non-hydrogen) atoms. The van der Waals surface area contributed by atoms with Crippen LogP contribution in [-0.2, 0) is 0 Å². The van der Waals surface area contributed by atoms with Gasteiger partial charge in [0.15, 0.2) is 16.5 Å². The van der Waals surface area contributed by atoms with Crippen LogP contribution < -0.4 is 14.8 Å². The molecule has 2 aromatic heterocycles. The number of phenolic OH excluding ortho intramolecular Hbond substituents is 1. The molecular weight excluding hydrogens is 372 g/mol. The average molecular weight is 385 g/mol. The van der Waals surface area contributed by atoms with Crippen molar-refractivity contribution in [3.63, 3.8) is 0 Å². The molecule has 2 heterocycles. The van der Waals surface area contributed by atoms with Gasteiger partial charge in [-0.15, -0.1) is 0 Å². The fourth-order valence-electron chi connectivity index (χ4n) is 2.63. The summed E-state index contributed by atoms with van der Waals surface area (Å²) in [6.45, 7) is 0. The second-order valence-corrected chi connectivity index (χ2v) is 7.08. The monoisotopic (exact) mass is 384 g/mol. The molecule has 0 aliphatic heterocycles. The molecule has 0 spiro atoms. The van der Waals surface area contributed by atoms with E-state index in [1.165, 1.54) is 28.9 Å². The maximum Gasteiger partial charge on any atom is 0.274 e. The van der Waals surface area contributed by atoms with Gasteiger partial charge in [0.2, 0.25) is 0 Å². The van der Waals surface area contributed by atoms with E-state index in [1.54, 1.807) is 36.5 Å². The fraction of sp³-hybridized carbons (Fsp3) is 0.0526. The SMILES string of the molecule is COc1cc(/C=c2\sc3nc(-c4ccc(Cl)cc4)cn3c2=O)ccc1O. The number of hydrogen-bond acceptors (Lipinski definition) is 5. The lowest BCUT2D eigenvalue weighted by Crippen LogP contribution is -2.22. The molecule has 0 radical (unpaired) electrons. The van der Waals surface area contributed by atoms with E-state index in [4.69, 9.17) is 16.3 Å². The van der Waals surface area contributed by atoms with E-state index in [0.29, 0.717) is 20.3 Å². The van der Waals surface area contributed by atoms with Crippen molar-refractivity contribution in [1.82, 2.24) is 9.38 Å². The highest BCUT2D eigenvalue weighted by Gasteiger charge is 2.10. The Balaban J connectivity index is 1.78. The Kier molecular flexibility index (Phi) is 4.14. The molecule has 4 rings (SSSR count). The Morgan fingerprint density at radius 2 is 2.00 bits per heavy atom. The molecule has 2 aromatic carbocycles. The second kappa shape index (κ2) is 6.48. The molecule has 0 fully saturated rings. The first-order chi connectivity index (χ1) is 12.5. The third-order valence-electron chi connectivity index (χ3n) is 3.95. The summed E-state index contributed by atoms with van der Waals surface area (Å²) < 4.78 is 7.20. The molecular formula is C19H13ClN2O3S. The topological polar surface area (TPSA) is 63.8 Å². The summed E-state index contributed by atoms with van der Waals surface area (Å²) in [6, 6.07) is 12.3. The number of fused-ring (bicyclic) bond motifs is 1. The van der Waals surface area contributed by atoms with Crippen molar-refractivity contribution in [3.8, 4) is 22.8 Å². The molecule has 5 nitrogen and oxygen atoms in total. The van der Waals surface area contributed by atoms with Gasteiger partial charge in [0.1, 0.15) is 0 Å². The van der Waals surface area contributed by atoms with Gasteiger partial charge in [-0.05, 0) is 35.9 Å². The number of benzene rings is 2. The van der Waals surface area contributed by atoms with Crippen molar-refractivity contribution in [1.29, 1.82) is 0 Å². The van der Waals surface area contributed by atoms with Gasteiger partial charge in [0.25, 0.3) is 5.56 Å². The van der Waals surface area contributed by atoms with Crippen LogP contribution >= 0.6 is 22.9 Å². The van der Waals surface area contributed by atoms with Crippen molar-refractivity contribution in [2.24, 2.45) is 0 Å². The Hall–Kier alpha value is -2.83. The van der Waals surface area contributed by atoms with Crippen molar-refractivity contribution < 1.29 is 9.84 Å². The highest BCUT2D eigenvalue weighted by molar-refractivity contribution is 7.15. The first kappa shape index (κ1) is 16.6. The van der Waals surface area contributed by atoms with Crippen LogP contribution in [0.5, 0.6) is 11.5 Å². The van der Waals surface area contributed by atoms with Crippen molar-refractivity contribution >= 4 is 34.0 Å². The molecule has 0 unspecified atom stereocenters. The number of aromatic hydroxyl groups is 1. The molecule has 130 valence electrons. The number of aromatic nitrogens is 2. The normalized spacial score (nSPS) is 12.0. The molecule has 1 N–H and O–H groups in total. The first-order valence-electron chi connectivity index (χ1n) is 7.72. The van der Waals surface area contributed by atoms with E-state index in [0.717, 1.165) is 16.8 Å². The summed E-state index contributed by atoms with van der Waals surface area (Å²) in [5.74, 6) is 0.415. The number of thiazole rings is 1. The van der Waals surface area contributed by atoms with Gasteiger partial charge in [-0.3, -0.25) is 9.20 Å². The van der Waals surface area contributed by atoms with E-state index in [2.05, 4.69) is 4.98 Å². The molecule has 7 heteroatoms. The maximum atomic E-state index is 12.7. The summed E-state index contributed by atoms with van der Waals surface area (Å²) in [7, 11) is 1.48. The third kappa shape index (κ3) is 2.94.